The summed E-state index contributed by atoms with van der Waals surface area (Å²) < 4.78 is 0. The van der Waals surface area contributed by atoms with E-state index in [0.717, 1.165) is 0 Å². The third kappa shape index (κ3) is 9.46. The molecule has 3 amide bonds. The first kappa shape index (κ1) is 27.9. The number of aromatic amines is 1. The number of aromatic nitrogens is 2. The van der Waals surface area contributed by atoms with Crippen LogP contribution in [0.1, 0.15) is 25.5 Å². The molecule has 0 aromatic carbocycles. The maximum atomic E-state index is 12.9. The van der Waals surface area contributed by atoms with Gasteiger partial charge >= 0.3 is 11.9 Å². The van der Waals surface area contributed by atoms with Crippen molar-refractivity contribution in [1.82, 2.24) is 25.9 Å². The Morgan fingerprint density at radius 1 is 1.06 bits per heavy atom. The van der Waals surface area contributed by atoms with Gasteiger partial charge in [0.25, 0.3) is 0 Å². The molecular formula is C18H28N6O8S. The number of nitrogens with one attached hydrogen (secondary N) is 4. The van der Waals surface area contributed by atoms with Gasteiger partial charge in [-0.3, -0.25) is 19.2 Å². The van der Waals surface area contributed by atoms with E-state index in [2.05, 4.69) is 38.5 Å². The van der Waals surface area contributed by atoms with Crippen LogP contribution in [0.3, 0.4) is 0 Å². The summed E-state index contributed by atoms with van der Waals surface area (Å²) in [6, 6.07) is -5.39. The van der Waals surface area contributed by atoms with E-state index in [0.29, 0.717) is 5.69 Å². The summed E-state index contributed by atoms with van der Waals surface area (Å²) >= 11 is 3.88. The number of hydrogen-bond donors (Lipinski definition) is 9. The zero-order valence-electron chi connectivity index (χ0n) is 17.7. The summed E-state index contributed by atoms with van der Waals surface area (Å²) in [7, 11) is 0. The van der Waals surface area contributed by atoms with Gasteiger partial charge in [0.15, 0.2) is 0 Å². The number of aliphatic hydroxyl groups is 1. The highest BCUT2D eigenvalue weighted by molar-refractivity contribution is 7.80. The van der Waals surface area contributed by atoms with Crippen molar-refractivity contribution < 1.29 is 39.3 Å². The van der Waals surface area contributed by atoms with Crippen LogP contribution in [0.4, 0.5) is 0 Å². The van der Waals surface area contributed by atoms with Gasteiger partial charge in [-0.2, -0.15) is 12.6 Å². The zero-order valence-corrected chi connectivity index (χ0v) is 18.6. The number of carboxylic acid groups (broad SMARTS) is 2. The summed E-state index contributed by atoms with van der Waals surface area (Å²) in [6.45, 7) is 1.27. The first-order valence-corrected chi connectivity index (χ1v) is 10.5. The number of aliphatic hydroxyl groups excluding tert-OH is 1. The number of carbonyl (C=O) groups excluding carboxylic acids is 3. The van der Waals surface area contributed by atoms with Gasteiger partial charge in [0.1, 0.15) is 24.2 Å². The van der Waals surface area contributed by atoms with Crippen molar-refractivity contribution in [3.63, 3.8) is 0 Å². The van der Waals surface area contributed by atoms with Crippen molar-refractivity contribution in [2.24, 2.45) is 5.73 Å². The molecule has 5 atom stereocenters. The third-order valence-electron chi connectivity index (χ3n) is 4.51. The highest BCUT2D eigenvalue weighted by atomic mass is 32.1. The second-order valence-corrected chi connectivity index (χ2v) is 7.55. The predicted molar refractivity (Wildman–Crippen MR) is 116 cm³/mol. The number of carboxylic acids is 2. The van der Waals surface area contributed by atoms with E-state index in [-0.39, 0.29) is 18.6 Å². The summed E-state index contributed by atoms with van der Waals surface area (Å²) in [6.07, 6.45) is 0.579. The molecule has 184 valence electrons. The number of nitrogens with two attached hydrogens (primary N) is 1. The maximum Gasteiger partial charge on any atom is 0.327 e. The molecule has 1 heterocycles. The van der Waals surface area contributed by atoms with Crippen LogP contribution in [-0.4, -0.2) is 91.0 Å². The fraction of sp³-hybridized carbons (Fsp3) is 0.556. The highest BCUT2D eigenvalue weighted by Crippen LogP contribution is 2.05. The number of amides is 3. The Balaban J connectivity index is 3.05. The lowest BCUT2D eigenvalue weighted by Crippen LogP contribution is -2.58. The first-order valence-electron chi connectivity index (χ1n) is 9.83. The fourth-order valence-electron chi connectivity index (χ4n) is 2.58. The Kier molecular flexibility index (Phi) is 11.3. The van der Waals surface area contributed by atoms with E-state index in [1.165, 1.54) is 19.4 Å². The smallest absolute Gasteiger partial charge is 0.327 e. The number of nitrogens with zero attached hydrogens (tertiary/aromatic N) is 1. The standard InChI is InChI=1S/C18H28N6O8S/c1-8(25)14(19)17(30)22-10(2-3-13(26)27)15(28)23-11(4-9-5-20-7-21-9)16(29)24-12(6-33)18(31)32/h5,7-8,10-12,14,25,33H,2-4,6,19H2,1H3,(H,20,21)(H,22,30)(H,23,28)(H,24,29)(H,26,27)(H,31,32). The predicted octanol–water partition coefficient (Wildman–Crippen LogP) is -3.01. The number of hydrogen-bond acceptors (Lipinski definition) is 9. The summed E-state index contributed by atoms with van der Waals surface area (Å²) in [5.41, 5.74) is 5.99. The molecule has 1 rings (SSSR count). The fourth-order valence-corrected chi connectivity index (χ4v) is 2.83. The Morgan fingerprint density at radius 2 is 1.64 bits per heavy atom. The number of rotatable bonds is 14. The minimum absolute atomic E-state index is 0.108. The van der Waals surface area contributed by atoms with Crippen LogP contribution in [0.15, 0.2) is 12.5 Å². The van der Waals surface area contributed by atoms with Crippen molar-refractivity contribution in [3.8, 4) is 0 Å². The second kappa shape index (κ2) is 13.4. The van der Waals surface area contributed by atoms with Gasteiger partial charge in [-0.1, -0.05) is 0 Å². The number of imidazole rings is 1. The van der Waals surface area contributed by atoms with Gasteiger partial charge < -0.3 is 42.0 Å². The summed E-state index contributed by atoms with van der Waals surface area (Å²) in [5.74, 6) is -5.41. The van der Waals surface area contributed by atoms with Gasteiger partial charge in [0.05, 0.1) is 12.4 Å². The average molecular weight is 489 g/mol. The molecule has 0 aliphatic heterocycles. The van der Waals surface area contributed by atoms with E-state index in [1.807, 2.05) is 0 Å². The Labute approximate surface area is 194 Å². The number of aliphatic carboxylic acids is 2. The molecule has 0 saturated heterocycles. The van der Waals surface area contributed by atoms with Gasteiger partial charge in [0.2, 0.25) is 17.7 Å². The minimum atomic E-state index is -1.39. The van der Waals surface area contributed by atoms with E-state index in [4.69, 9.17) is 15.9 Å². The van der Waals surface area contributed by atoms with Gasteiger partial charge in [-0.15, -0.1) is 0 Å². The van der Waals surface area contributed by atoms with E-state index in [1.54, 1.807) is 0 Å². The molecule has 15 heteroatoms. The quantitative estimate of drug-likeness (QED) is 0.120. The second-order valence-electron chi connectivity index (χ2n) is 7.18. The van der Waals surface area contributed by atoms with E-state index >= 15 is 0 Å². The molecule has 0 radical (unpaired) electrons. The van der Waals surface area contributed by atoms with Crippen molar-refractivity contribution in [1.29, 1.82) is 0 Å². The highest BCUT2D eigenvalue weighted by Gasteiger charge is 2.31. The molecular weight excluding hydrogens is 460 g/mol. The van der Waals surface area contributed by atoms with Gasteiger partial charge in [-0.05, 0) is 13.3 Å². The molecule has 0 aliphatic rings. The molecule has 1 aromatic heterocycles. The van der Waals surface area contributed by atoms with Crippen LogP contribution in [0.25, 0.3) is 0 Å². The minimum Gasteiger partial charge on any atom is -0.481 e. The maximum absolute atomic E-state index is 12.9. The summed E-state index contributed by atoms with van der Waals surface area (Å²) in [5, 5.41) is 34.5. The van der Waals surface area contributed by atoms with Crippen molar-refractivity contribution >= 4 is 42.3 Å². The molecule has 0 bridgehead atoms. The third-order valence-corrected chi connectivity index (χ3v) is 4.88. The lowest BCUT2D eigenvalue weighted by molar-refractivity contribution is -0.141. The number of carbonyl (C=O) groups is 5. The molecule has 0 aliphatic carbocycles. The molecule has 5 unspecified atom stereocenters. The SMILES string of the molecule is CC(O)C(N)C(=O)NC(CCC(=O)O)C(=O)NC(Cc1cnc[nH]1)C(=O)NC(CS)C(=O)O. The molecule has 0 fully saturated rings. The molecule has 1 aromatic rings. The molecule has 33 heavy (non-hydrogen) atoms. The molecule has 14 nitrogen and oxygen atoms in total. The number of thiol groups is 1. The van der Waals surface area contributed by atoms with Crippen LogP contribution >= 0.6 is 12.6 Å². The van der Waals surface area contributed by atoms with Crippen molar-refractivity contribution in [3.05, 3.63) is 18.2 Å². The lowest BCUT2D eigenvalue weighted by atomic mass is 10.1. The normalized spacial score (nSPS) is 15.4. The van der Waals surface area contributed by atoms with E-state index < -0.39 is 66.4 Å². The summed E-state index contributed by atoms with van der Waals surface area (Å²) in [4.78, 5) is 66.5. The Bertz CT molecular complexity index is 834. The van der Waals surface area contributed by atoms with Crippen LogP contribution < -0.4 is 21.7 Å². The van der Waals surface area contributed by atoms with Crippen LogP contribution in [0.2, 0.25) is 0 Å². The average Bonchev–Trinajstić information content (AvgIpc) is 3.25. The molecule has 9 N–H and O–H groups in total. The topological polar surface area (TPSA) is 237 Å². The van der Waals surface area contributed by atoms with Crippen LogP contribution in [0.5, 0.6) is 0 Å². The Morgan fingerprint density at radius 3 is 2.12 bits per heavy atom. The monoisotopic (exact) mass is 488 g/mol. The Hall–Kier alpha value is -3.17. The largest absolute Gasteiger partial charge is 0.481 e. The van der Waals surface area contributed by atoms with Crippen molar-refractivity contribution in [2.75, 3.05) is 5.75 Å². The van der Waals surface area contributed by atoms with Crippen molar-refractivity contribution in [2.45, 2.75) is 56.5 Å². The molecule has 0 spiro atoms. The zero-order chi connectivity index (χ0) is 25.1. The van der Waals surface area contributed by atoms with Gasteiger partial charge in [-0.25, -0.2) is 9.78 Å². The van der Waals surface area contributed by atoms with Crippen LogP contribution in [0, 0.1) is 0 Å². The van der Waals surface area contributed by atoms with Crippen LogP contribution in [-0.2, 0) is 30.4 Å². The van der Waals surface area contributed by atoms with E-state index in [9.17, 15) is 29.1 Å². The molecule has 0 saturated carbocycles. The number of H-pyrrole nitrogens is 1. The first-order chi connectivity index (χ1) is 15.5. The lowest BCUT2D eigenvalue weighted by Gasteiger charge is -2.25. The van der Waals surface area contributed by atoms with Gasteiger partial charge in [0, 0.05) is 30.5 Å².